The van der Waals surface area contributed by atoms with Crippen molar-refractivity contribution in [1.82, 2.24) is 4.90 Å². The molecule has 0 aliphatic carbocycles. The van der Waals surface area contributed by atoms with Crippen LogP contribution in [0.4, 0.5) is 5.69 Å². The molecule has 9 nitrogen and oxygen atoms in total. The molecule has 1 aliphatic heterocycles. The van der Waals surface area contributed by atoms with E-state index in [1.165, 1.54) is 12.1 Å². The molecule has 242 valence electrons. The molecule has 0 saturated carbocycles. The molecule has 2 amide bonds. The van der Waals surface area contributed by atoms with Crippen LogP contribution in [0.3, 0.4) is 0 Å². The normalized spacial score (nSPS) is 19.1. The van der Waals surface area contributed by atoms with Gasteiger partial charge in [-0.25, -0.2) is 0 Å². The number of rotatable bonds is 13. The molecule has 1 heterocycles. The molecule has 0 radical (unpaired) electrons. The van der Waals surface area contributed by atoms with Crippen LogP contribution in [0.25, 0.3) is 0 Å². The molecule has 4 rings (SSSR count). The van der Waals surface area contributed by atoms with Crippen molar-refractivity contribution < 1.29 is 34.0 Å². The predicted octanol–water partition coefficient (Wildman–Crippen LogP) is 4.50. The van der Waals surface area contributed by atoms with Gasteiger partial charge < -0.3 is 34.6 Å². The molecule has 10 heteroatoms. The van der Waals surface area contributed by atoms with Crippen LogP contribution in [-0.2, 0) is 20.9 Å². The van der Waals surface area contributed by atoms with Crippen LogP contribution in [0.1, 0.15) is 37.5 Å². The molecule has 45 heavy (non-hydrogen) atoms. The van der Waals surface area contributed by atoms with Gasteiger partial charge in [0, 0.05) is 49.3 Å². The van der Waals surface area contributed by atoms with Gasteiger partial charge >= 0.3 is 0 Å². The van der Waals surface area contributed by atoms with Crippen LogP contribution < -0.4 is 20.0 Å². The molecule has 0 fully saturated rings. The third kappa shape index (κ3) is 7.94. The van der Waals surface area contributed by atoms with Gasteiger partial charge in [0.05, 0.1) is 27.9 Å². The standard InChI is InChI=1S/C35H46N2O7Si/c1-23-33(43-4)29-20-26(36-35(41)24(2)39)12-17-30(29)44-34(23)31(45(5,6)28-15-13-27(42-3)14-16-28)21-32(40)37(18-19-38)22-25-10-8-7-9-11-25/h7-17,20,23-24,31,33-34,38-39H,18-19,21-22H2,1-6H3,(H,36,41)/t23-,24-,31?,33-,34-/m0/s1. The molecule has 3 aromatic carbocycles. The average molecular weight is 635 g/mol. The summed E-state index contributed by atoms with van der Waals surface area (Å²) in [4.78, 5) is 28.0. The fourth-order valence-electron chi connectivity index (χ4n) is 6.25. The second kappa shape index (κ2) is 15.1. The quantitative estimate of drug-likeness (QED) is 0.237. The highest BCUT2D eigenvalue weighted by atomic mass is 28.3. The fourth-order valence-corrected chi connectivity index (χ4v) is 9.58. The summed E-state index contributed by atoms with van der Waals surface area (Å²) in [5, 5.41) is 23.5. The van der Waals surface area contributed by atoms with Gasteiger partial charge in [0.2, 0.25) is 5.91 Å². The number of methoxy groups -OCH3 is 2. The van der Waals surface area contributed by atoms with Crippen LogP contribution in [-0.4, -0.2) is 74.6 Å². The highest BCUT2D eigenvalue weighted by molar-refractivity contribution is 6.91. The highest BCUT2D eigenvalue weighted by Crippen LogP contribution is 2.48. The fraction of sp³-hybridized carbons (Fsp3) is 0.429. The number of aliphatic hydroxyl groups excluding tert-OH is 2. The minimum Gasteiger partial charge on any atom is -0.497 e. The number of anilines is 1. The topological polar surface area (TPSA) is 118 Å². The molecule has 3 N–H and O–H groups in total. The van der Waals surface area contributed by atoms with Crippen molar-refractivity contribution in [3.8, 4) is 11.5 Å². The van der Waals surface area contributed by atoms with E-state index in [4.69, 9.17) is 14.2 Å². The monoisotopic (exact) mass is 634 g/mol. The van der Waals surface area contributed by atoms with Crippen LogP contribution in [0.15, 0.2) is 72.8 Å². The van der Waals surface area contributed by atoms with Crippen molar-refractivity contribution in [1.29, 1.82) is 0 Å². The van der Waals surface area contributed by atoms with E-state index in [1.807, 2.05) is 54.6 Å². The zero-order chi connectivity index (χ0) is 32.7. The lowest BCUT2D eigenvalue weighted by Crippen LogP contribution is -2.55. The van der Waals surface area contributed by atoms with Gasteiger partial charge in [0.1, 0.15) is 23.7 Å². The first-order chi connectivity index (χ1) is 21.5. The molecular weight excluding hydrogens is 588 g/mol. The lowest BCUT2D eigenvalue weighted by atomic mass is 9.86. The number of carbonyl (C=O) groups excluding carboxylic acids is 2. The zero-order valence-corrected chi connectivity index (χ0v) is 28.0. The SMILES string of the molecule is COc1ccc([Si](C)(C)C(CC(=O)N(CCO)Cc2ccccc2)[C@H]2Oc3ccc(NC(=O)[C@H](C)O)cc3[C@@H](OC)[C@@H]2C)cc1. The summed E-state index contributed by atoms with van der Waals surface area (Å²) in [5.41, 5.74) is 2.17. The van der Waals surface area contributed by atoms with Gasteiger partial charge in [-0.15, -0.1) is 0 Å². The Kier molecular flexibility index (Phi) is 11.4. The summed E-state index contributed by atoms with van der Waals surface area (Å²) < 4.78 is 18.3. The molecule has 3 aromatic rings. The second-order valence-electron chi connectivity index (χ2n) is 12.3. The van der Waals surface area contributed by atoms with Crippen molar-refractivity contribution in [2.45, 2.75) is 63.8 Å². The predicted molar refractivity (Wildman–Crippen MR) is 178 cm³/mol. The number of benzene rings is 3. The Bertz CT molecular complexity index is 1430. The van der Waals surface area contributed by atoms with E-state index in [0.717, 1.165) is 16.9 Å². The van der Waals surface area contributed by atoms with Crippen molar-refractivity contribution in [3.63, 3.8) is 0 Å². The third-order valence-electron chi connectivity index (χ3n) is 8.97. The van der Waals surface area contributed by atoms with Crippen molar-refractivity contribution >= 4 is 30.8 Å². The maximum Gasteiger partial charge on any atom is 0.252 e. The van der Waals surface area contributed by atoms with E-state index >= 15 is 0 Å². The van der Waals surface area contributed by atoms with Gasteiger partial charge in [0.25, 0.3) is 5.91 Å². The summed E-state index contributed by atoms with van der Waals surface area (Å²) in [5.74, 6) is 0.711. The minimum absolute atomic E-state index is 0.0428. The lowest BCUT2D eigenvalue weighted by Gasteiger charge is -2.46. The van der Waals surface area contributed by atoms with E-state index in [-0.39, 0.29) is 49.1 Å². The van der Waals surface area contributed by atoms with Crippen LogP contribution >= 0.6 is 0 Å². The Morgan fingerprint density at radius 2 is 1.73 bits per heavy atom. The number of fused-ring (bicyclic) bond motifs is 1. The summed E-state index contributed by atoms with van der Waals surface area (Å²) in [7, 11) is 0.860. The van der Waals surface area contributed by atoms with Crippen molar-refractivity contribution in [2.24, 2.45) is 5.92 Å². The lowest BCUT2D eigenvalue weighted by molar-refractivity contribution is -0.133. The maximum absolute atomic E-state index is 14.1. The first-order valence-electron chi connectivity index (χ1n) is 15.4. The molecule has 5 atom stereocenters. The van der Waals surface area contributed by atoms with Crippen LogP contribution in [0.5, 0.6) is 11.5 Å². The molecule has 0 aromatic heterocycles. The molecular formula is C35H46N2O7Si. The molecule has 0 saturated heterocycles. The first-order valence-corrected chi connectivity index (χ1v) is 18.5. The average Bonchev–Trinajstić information content (AvgIpc) is 3.03. The van der Waals surface area contributed by atoms with Gasteiger partial charge in [-0.3, -0.25) is 9.59 Å². The van der Waals surface area contributed by atoms with Crippen LogP contribution in [0, 0.1) is 5.92 Å². The number of nitrogens with zero attached hydrogens (tertiary/aromatic N) is 1. The van der Waals surface area contributed by atoms with Gasteiger partial charge in [0.15, 0.2) is 0 Å². The molecule has 0 bridgehead atoms. The number of carbonyl (C=O) groups is 2. The number of aliphatic hydroxyl groups is 2. The largest absolute Gasteiger partial charge is 0.497 e. The van der Waals surface area contributed by atoms with Crippen LogP contribution in [0.2, 0.25) is 18.6 Å². The van der Waals surface area contributed by atoms with E-state index < -0.39 is 20.1 Å². The van der Waals surface area contributed by atoms with Crippen molar-refractivity contribution in [3.05, 3.63) is 83.9 Å². The molecule has 0 spiro atoms. The first kappa shape index (κ1) is 34.2. The third-order valence-corrected chi connectivity index (χ3v) is 13.2. The Hall–Kier alpha value is -3.70. The second-order valence-corrected chi connectivity index (χ2v) is 17.1. The number of amides is 2. The number of hydrogen-bond acceptors (Lipinski definition) is 7. The summed E-state index contributed by atoms with van der Waals surface area (Å²) in [6.07, 6.45) is -1.63. The summed E-state index contributed by atoms with van der Waals surface area (Å²) in [6.45, 7) is 8.53. The van der Waals surface area contributed by atoms with E-state index in [0.29, 0.717) is 18.0 Å². The Morgan fingerprint density at radius 1 is 1.04 bits per heavy atom. The smallest absolute Gasteiger partial charge is 0.252 e. The Morgan fingerprint density at radius 3 is 2.33 bits per heavy atom. The minimum atomic E-state index is -2.44. The zero-order valence-electron chi connectivity index (χ0n) is 27.0. The summed E-state index contributed by atoms with van der Waals surface area (Å²) in [6, 6.07) is 23.3. The maximum atomic E-state index is 14.1. The summed E-state index contributed by atoms with van der Waals surface area (Å²) >= 11 is 0. The molecule has 1 unspecified atom stereocenters. The van der Waals surface area contributed by atoms with Gasteiger partial charge in [-0.1, -0.05) is 67.7 Å². The number of hydrogen-bond donors (Lipinski definition) is 3. The van der Waals surface area contributed by atoms with Gasteiger partial charge in [-0.2, -0.15) is 0 Å². The van der Waals surface area contributed by atoms with E-state index in [1.54, 1.807) is 25.2 Å². The van der Waals surface area contributed by atoms with Gasteiger partial charge in [-0.05, 0) is 42.8 Å². The highest BCUT2D eigenvalue weighted by Gasteiger charge is 2.48. The number of ether oxygens (including phenoxy) is 3. The molecule has 1 aliphatic rings. The van der Waals surface area contributed by atoms with Crippen molar-refractivity contribution in [2.75, 3.05) is 32.7 Å². The van der Waals surface area contributed by atoms with E-state index in [2.05, 4.69) is 37.5 Å². The van der Waals surface area contributed by atoms with E-state index in [9.17, 15) is 19.8 Å². The Balaban J connectivity index is 1.72. The Labute approximate surface area is 267 Å². The number of nitrogens with one attached hydrogen (secondary N) is 1.